The first-order valence-electron chi connectivity index (χ1n) is 5.69. The first kappa shape index (κ1) is 15.1. The molecule has 1 rings (SSSR count). The summed E-state index contributed by atoms with van der Waals surface area (Å²) in [4.78, 5) is 15.4. The maximum atomic E-state index is 11.5. The molecule has 0 aliphatic rings. The molecule has 0 spiro atoms. The zero-order chi connectivity index (χ0) is 13.3. The van der Waals surface area contributed by atoms with E-state index < -0.39 is 0 Å². The van der Waals surface area contributed by atoms with Crippen LogP contribution in [0.4, 0.5) is 5.69 Å². The van der Waals surface area contributed by atoms with Crippen LogP contribution in [0.25, 0.3) is 6.08 Å². The minimum absolute atomic E-state index is 0.149. The zero-order valence-electron chi connectivity index (χ0n) is 10.9. The fourth-order valence-corrected chi connectivity index (χ4v) is 1.37. The lowest BCUT2D eigenvalue weighted by Gasteiger charge is -2.06. The average Bonchev–Trinajstić information content (AvgIpc) is 2.40. The summed E-state index contributed by atoms with van der Waals surface area (Å²) in [6.07, 6.45) is 3.80. The van der Waals surface area contributed by atoms with Gasteiger partial charge < -0.3 is 5.32 Å². The molecule has 1 aromatic rings. The van der Waals surface area contributed by atoms with Gasteiger partial charge in [-0.25, -0.2) is 0 Å². The van der Waals surface area contributed by atoms with Crippen LogP contribution in [0.3, 0.4) is 0 Å². The van der Waals surface area contributed by atoms with Crippen LogP contribution in [-0.2, 0) is 0 Å². The molecule has 0 atom stereocenters. The predicted octanol–water partition coefficient (Wildman–Crippen LogP) is 3.44. The third-order valence-electron chi connectivity index (χ3n) is 2.04. The van der Waals surface area contributed by atoms with E-state index in [0.29, 0.717) is 11.3 Å². The predicted molar refractivity (Wildman–Crippen MR) is 75.1 cm³/mol. The molecule has 0 saturated heterocycles. The lowest BCUT2D eigenvalue weighted by atomic mass is 10.1. The standard InChI is InChI=1S/C12H14N2O.C2H6/c1-4-6-9-7-5-8-10(11(9)13-2)12(15)14-3;1-2/h4-8H,2H2,1,3H3,(H,14,15);1-2H3/b6-4-;. The molecule has 0 unspecified atom stereocenters. The van der Waals surface area contributed by atoms with Crippen molar-refractivity contribution in [3.05, 3.63) is 35.4 Å². The van der Waals surface area contributed by atoms with E-state index in [9.17, 15) is 4.79 Å². The van der Waals surface area contributed by atoms with E-state index in [0.717, 1.165) is 5.56 Å². The number of carbonyl (C=O) groups excluding carboxylic acids is 1. The smallest absolute Gasteiger partial charge is 0.253 e. The van der Waals surface area contributed by atoms with E-state index in [4.69, 9.17) is 0 Å². The van der Waals surface area contributed by atoms with Crippen molar-refractivity contribution in [2.24, 2.45) is 4.99 Å². The SMILES string of the molecule is C=Nc1c(/C=C\C)cccc1C(=O)NC.CC. The number of carbonyl (C=O) groups is 1. The summed E-state index contributed by atoms with van der Waals surface area (Å²) in [5.74, 6) is -0.149. The largest absolute Gasteiger partial charge is 0.355 e. The third-order valence-corrected chi connectivity index (χ3v) is 2.04. The molecule has 0 saturated carbocycles. The van der Waals surface area contributed by atoms with Gasteiger partial charge in [-0.3, -0.25) is 9.79 Å². The monoisotopic (exact) mass is 232 g/mol. The molecule has 0 aromatic heterocycles. The van der Waals surface area contributed by atoms with Crippen LogP contribution in [-0.4, -0.2) is 19.7 Å². The van der Waals surface area contributed by atoms with E-state index in [2.05, 4.69) is 17.0 Å². The third kappa shape index (κ3) is 3.87. The van der Waals surface area contributed by atoms with E-state index >= 15 is 0 Å². The summed E-state index contributed by atoms with van der Waals surface area (Å²) in [6, 6.07) is 5.46. The Morgan fingerprint density at radius 2 is 2.06 bits per heavy atom. The van der Waals surface area contributed by atoms with Crippen LogP contribution in [0.5, 0.6) is 0 Å². The Morgan fingerprint density at radius 1 is 1.41 bits per heavy atom. The maximum absolute atomic E-state index is 11.5. The molecular formula is C14H20N2O. The van der Waals surface area contributed by atoms with E-state index in [1.54, 1.807) is 13.1 Å². The van der Waals surface area contributed by atoms with Gasteiger partial charge in [-0.15, -0.1) is 0 Å². The van der Waals surface area contributed by atoms with E-state index in [-0.39, 0.29) is 5.91 Å². The summed E-state index contributed by atoms with van der Waals surface area (Å²) < 4.78 is 0. The first-order valence-corrected chi connectivity index (χ1v) is 5.69. The van der Waals surface area contributed by atoms with Crippen LogP contribution >= 0.6 is 0 Å². The van der Waals surface area contributed by atoms with Crippen LogP contribution in [0.2, 0.25) is 0 Å². The highest BCUT2D eigenvalue weighted by molar-refractivity contribution is 6.00. The van der Waals surface area contributed by atoms with Crippen LogP contribution in [0.1, 0.15) is 36.7 Å². The molecule has 1 aromatic carbocycles. The number of nitrogens with one attached hydrogen (secondary N) is 1. The highest BCUT2D eigenvalue weighted by atomic mass is 16.1. The van der Waals surface area contributed by atoms with Crippen molar-refractivity contribution in [3.63, 3.8) is 0 Å². The van der Waals surface area contributed by atoms with Crippen molar-refractivity contribution in [3.8, 4) is 0 Å². The molecule has 1 N–H and O–H groups in total. The summed E-state index contributed by atoms with van der Waals surface area (Å²) in [5.41, 5.74) is 2.06. The van der Waals surface area contributed by atoms with E-state index in [1.807, 2.05) is 45.1 Å². The number of para-hydroxylation sites is 1. The van der Waals surface area contributed by atoms with Gasteiger partial charge in [-0.2, -0.15) is 0 Å². The number of aliphatic imine (C=N–C) groups is 1. The van der Waals surface area contributed by atoms with Crippen LogP contribution < -0.4 is 5.32 Å². The van der Waals surface area contributed by atoms with Crippen LogP contribution in [0.15, 0.2) is 29.3 Å². The number of nitrogens with zero attached hydrogens (tertiary/aromatic N) is 1. The molecule has 3 nitrogen and oxygen atoms in total. The van der Waals surface area contributed by atoms with Gasteiger partial charge in [0.1, 0.15) is 0 Å². The van der Waals surface area contributed by atoms with Gasteiger partial charge in [0.25, 0.3) is 5.91 Å². The molecule has 0 fully saturated rings. The molecule has 0 radical (unpaired) electrons. The van der Waals surface area contributed by atoms with Gasteiger partial charge in [0.2, 0.25) is 0 Å². The summed E-state index contributed by atoms with van der Waals surface area (Å²) >= 11 is 0. The molecule has 0 bridgehead atoms. The second-order valence-corrected chi connectivity index (χ2v) is 2.98. The highest BCUT2D eigenvalue weighted by Gasteiger charge is 2.10. The molecule has 0 aliphatic heterocycles. The van der Waals surface area contributed by atoms with E-state index in [1.165, 1.54) is 0 Å². The number of amides is 1. The Kier molecular flexibility index (Phi) is 7.35. The fraction of sp³-hybridized carbons (Fsp3) is 0.286. The minimum Gasteiger partial charge on any atom is -0.355 e. The average molecular weight is 232 g/mol. The molecule has 1 amide bonds. The summed E-state index contributed by atoms with van der Waals surface area (Å²) in [6.45, 7) is 9.40. The second kappa shape index (κ2) is 8.28. The normalized spacial score (nSPS) is 9.41. The van der Waals surface area contributed by atoms with Crippen molar-refractivity contribution in [2.75, 3.05) is 7.05 Å². The topological polar surface area (TPSA) is 41.5 Å². The van der Waals surface area contributed by atoms with Crippen molar-refractivity contribution in [1.29, 1.82) is 0 Å². The Hall–Kier alpha value is -1.90. The highest BCUT2D eigenvalue weighted by Crippen LogP contribution is 2.25. The summed E-state index contributed by atoms with van der Waals surface area (Å²) in [5, 5.41) is 2.57. The molecule has 92 valence electrons. The van der Waals surface area contributed by atoms with Gasteiger partial charge in [0.15, 0.2) is 0 Å². The quantitative estimate of drug-likeness (QED) is 0.797. The van der Waals surface area contributed by atoms with Crippen molar-refractivity contribution in [2.45, 2.75) is 20.8 Å². The van der Waals surface area contributed by atoms with Gasteiger partial charge in [-0.05, 0) is 19.7 Å². The number of allylic oxidation sites excluding steroid dienone is 1. The Morgan fingerprint density at radius 3 is 2.53 bits per heavy atom. The lowest BCUT2D eigenvalue weighted by Crippen LogP contribution is -2.18. The fourth-order valence-electron chi connectivity index (χ4n) is 1.37. The lowest BCUT2D eigenvalue weighted by molar-refractivity contribution is 0.0964. The van der Waals surface area contributed by atoms with Crippen molar-refractivity contribution in [1.82, 2.24) is 5.32 Å². The van der Waals surface area contributed by atoms with Gasteiger partial charge >= 0.3 is 0 Å². The molecule has 17 heavy (non-hydrogen) atoms. The molecule has 0 aliphatic carbocycles. The van der Waals surface area contributed by atoms with Crippen molar-refractivity contribution < 1.29 is 4.79 Å². The Labute approximate surface area is 103 Å². The summed E-state index contributed by atoms with van der Waals surface area (Å²) in [7, 11) is 1.59. The van der Waals surface area contributed by atoms with Gasteiger partial charge in [0.05, 0.1) is 11.3 Å². The zero-order valence-corrected chi connectivity index (χ0v) is 10.9. The Balaban J connectivity index is 0.00000121. The molecule has 3 heteroatoms. The minimum atomic E-state index is -0.149. The first-order chi connectivity index (χ1) is 8.24. The number of rotatable bonds is 3. The Bertz CT molecular complexity index is 409. The molecular weight excluding hydrogens is 212 g/mol. The second-order valence-electron chi connectivity index (χ2n) is 2.98. The van der Waals surface area contributed by atoms with Gasteiger partial charge in [0, 0.05) is 12.6 Å². The molecule has 0 heterocycles. The maximum Gasteiger partial charge on any atom is 0.253 e. The van der Waals surface area contributed by atoms with Crippen LogP contribution in [0, 0.1) is 0 Å². The number of benzene rings is 1. The number of hydrogen-bond donors (Lipinski definition) is 1. The van der Waals surface area contributed by atoms with Crippen molar-refractivity contribution >= 4 is 24.4 Å². The number of hydrogen-bond acceptors (Lipinski definition) is 2. The van der Waals surface area contributed by atoms with Gasteiger partial charge in [-0.1, -0.05) is 38.1 Å².